The van der Waals surface area contributed by atoms with Crippen molar-refractivity contribution in [3.8, 4) is 5.75 Å². The molecule has 2 heterocycles. The summed E-state index contributed by atoms with van der Waals surface area (Å²) in [5.41, 5.74) is 7.65. The summed E-state index contributed by atoms with van der Waals surface area (Å²) < 4.78 is 10.8. The van der Waals surface area contributed by atoms with Gasteiger partial charge in [0.2, 0.25) is 0 Å². The van der Waals surface area contributed by atoms with Crippen LogP contribution in [0.3, 0.4) is 0 Å². The zero-order valence-corrected chi connectivity index (χ0v) is 12.3. The number of methoxy groups -OCH3 is 1. The number of nitrogens with zero attached hydrogens (tertiary/aromatic N) is 2. The van der Waals surface area contributed by atoms with E-state index < -0.39 is 0 Å². The van der Waals surface area contributed by atoms with Gasteiger partial charge in [0.25, 0.3) is 0 Å². The molecule has 1 aromatic rings. The van der Waals surface area contributed by atoms with Crippen molar-refractivity contribution in [3.05, 3.63) is 23.5 Å². The van der Waals surface area contributed by atoms with Crippen LogP contribution in [-0.4, -0.2) is 49.3 Å². The molecule has 0 amide bonds. The van der Waals surface area contributed by atoms with E-state index in [1.807, 2.05) is 19.1 Å². The molecule has 1 aliphatic heterocycles. The number of aromatic nitrogens is 1. The number of morpholine rings is 1. The minimum Gasteiger partial charge on any atom is -0.497 e. The fraction of sp³-hybridized carbons (Fsp3) is 0.615. The van der Waals surface area contributed by atoms with Crippen molar-refractivity contribution < 1.29 is 9.47 Å². The molecule has 0 aliphatic carbocycles. The van der Waals surface area contributed by atoms with Crippen LogP contribution in [0.1, 0.15) is 11.4 Å². The second kappa shape index (κ2) is 7.65. The van der Waals surface area contributed by atoms with Crippen LogP contribution in [0.15, 0.2) is 12.1 Å². The summed E-state index contributed by atoms with van der Waals surface area (Å²) in [7, 11) is 1.68. The van der Waals surface area contributed by atoms with Gasteiger partial charge in [-0.2, -0.15) is 0 Å². The Kier molecular flexibility index (Phi) is 6.51. The lowest BCUT2D eigenvalue weighted by Gasteiger charge is -2.32. The maximum absolute atomic E-state index is 5.64. The van der Waals surface area contributed by atoms with Gasteiger partial charge in [-0.25, -0.2) is 0 Å². The molecule has 0 bridgehead atoms. The third-order valence-corrected chi connectivity index (χ3v) is 3.09. The molecule has 0 saturated carbocycles. The molecule has 1 atom stereocenters. The number of nitrogens with two attached hydrogens (primary N) is 1. The molecule has 6 heteroatoms. The van der Waals surface area contributed by atoms with E-state index >= 15 is 0 Å². The zero-order valence-electron chi connectivity index (χ0n) is 11.5. The molecule has 19 heavy (non-hydrogen) atoms. The molecular formula is C13H22ClN3O2. The maximum Gasteiger partial charge on any atom is 0.122 e. The minimum absolute atomic E-state index is 0. The fourth-order valence-electron chi connectivity index (χ4n) is 2.20. The van der Waals surface area contributed by atoms with Gasteiger partial charge in [0.05, 0.1) is 25.5 Å². The number of rotatable bonds is 4. The molecule has 1 saturated heterocycles. The van der Waals surface area contributed by atoms with Crippen molar-refractivity contribution in [3.63, 3.8) is 0 Å². The first-order valence-electron chi connectivity index (χ1n) is 6.27. The summed E-state index contributed by atoms with van der Waals surface area (Å²) in [6.07, 6.45) is 0.144. The van der Waals surface area contributed by atoms with E-state index in [-0.39, 0.29) is 18.5 Å². The number of ether oxygens (including phenoxy) is 2. The second-order valence-corrected chi connectivity index (χ2v) is 4.60. The summed E-state index contributed by atoms with van der Waals surface area (Å²) in [5.74, 6) is 0.862. The van der Waals surface area contributed by atoms with Crippen molar-refractivity contribution in [2.45, 2.75) is 19.6 Å². The molecule has 0 radical (unpaired) electrons. The molecule has 0 aromatic carbocycles. The van der Waals surface area contributed by atoms with Crippen LogP contribution in [-0.2, 0) is 11.3 Å². The molecule has 5 nitrogen and oxygen atoms in total. The monoisotopic (exact) mass is 287 g/mol. The van der Waals surface area contributed by atoms with Gasteiger partial charge in [-0.1, -0.05) is 0 Å². The molecule has 1 aromatic heterocycles. The average Bonchev–Trinajstić information content (AvgIpc) is 2.38. The Bertz CT molecular complexity index is 403. The van der Waals surface area contributed by atoms with E-state index in [0.29, 0.717) is 6.54 Å². The number of hydrogen-bond donors (Lipinski definition) is 1. The molecule has 108 valence electrons. The first-order chi connectivity index (χ1) is 8.71. The van der Waals surface area contributed by atoms with Crippen LogP contribution in [0.5, 0.6) is 5.75 Å². The van der Waals surface area contributed by atoms with Crippen LogP contribution >= 0.6 is 12.4 Å². The summed E-state index contributed by atoms with van der Waals surface area (Å²) in [5, 5.41) is 0. The van der Waals surface area contributed by atoms with Gasteiger partial charge in [-0.05, 0) is 6.92 Å². The number of aryl methyl sites for hydroxylation is 1. The highest BCUT2D eigenvalue weighted by Gasteiger charge is 2.19. The highest BCUT2D eigenvalue weighted by molar-refractivity contribution is 5.85. The van der Waals surface area contributed by atoms with E-state index in [1.165, 1.54) is 0 Å². The van der Waals surface area contributed by atoms with Gasteiger partial charge in [0, 0.05) is 44.0 Å². The largest absolute Gasteiger partial charge is 0.497 e. The van der Waals surface area contributed by atoms with Gasteiger partial charge in [0.1, 0.15) is 5.75 Å². The van der Waals surface area contributed by atoms with Crippen LogP contribution in [0, 0.1) is 6.92 Å². The van der Waals surface area contributed by atoms with Gasteiger partial charge in [-0.15, -0.1) is 12.4 Å². The standard InChI is InChI=1S/C13H21N3O2.ClH/c1-10-5-12(17-2)6-11(15-10)8-16-3-4-18-13(7-14)9-16;/h5-6,13H,3-4,7-9,14H2,1-2H3;1H. The van der Waals surface area contributed by atoms with Gasteiger partial charge in [-0.3, -0.25) is 9.88 Å². The Morgan fingerprint density at radius 2 is 2.32 bits per heavy atom. The molecule has 0 spiro atoms. The third kappa shape index (κ3) is 4.62. The number of pyridine rings is 1. The van der Waals surface area contributed by atoms with Crippen LogP contribution in [0.2, 0.25) is 0 Å². The van der Waals surface area contributed by atoms with Gasteiger partial charge < -0.3 is 15.2 Å². The predicted octanol–water partition coefficient (Wildman–Crippen LogP) is 0.980. The highest BCUT2D eigenvalue weighted by Crippen LogP contribution is 2.16. The van der Waals surface area contributed by atoms with Gasteiger partial charge in [0.15, 0.2) is 0 Å². The van der Waals surface area contributed by atoms with Crippen LogP contribution < -0.4 is 10.5 Å². The smallest absolute Gasteiger partial charge is 0.122 e. The minimum atomic E-state index is 0. The number of hydrogen-bond acceptors (Lipinski definition) is 5. The lowest BCUT2D eigenvalue weighted by atomic mass is 10.2. The van der Waals surface area contributed by atoms with Crippen molar-refractivity contribution >= 4 is 12.4 Å². The van der Waals surface area contributed by atoms with Gasteiger partial charge >= 0.3 is 0 Å². The first kappa shape index (κ1) is 16.2. The summed E-state index contributed by atoms with van der Waals surface area (Å²) >= 11 is 0. The number of halogens is 1. The summed E-state index contributed by atoms with van der Waals surface area (Å²) in [6, 6.07) is 3.92. The third-order valence-electron chi connectivity index (χ3n) is 3.09. The van der Waals surface area contributed by atoms with Crippen LogP contribution in [0.4, 0.5) is 0 Å². The van der Waals surface area contributed by atoms with E-state index in [2.05, 4.69) is 9.88 Å². The Hall–Kier alpha value is -0.880. The molecule has 1 fully saturated rings. The van der Waals surface area contributed by atoms with E-state index in [4.69, 9.17) is 15.2 Å². The predicted molar refractivity (Wildman–Crippen MR) is 76.8 cm³/mol. The quantitative estimate of drug-likeness (QED) is 0.894. The SMILES string of the molecule is COc1cc(C)nc(CN2CCOC(CN)C2)c1.Cl. The Labute approximate surface area is 120 Å². The molecule has 2 N–H and O–H groups in total. The van der Waals surface area contributed by atoms with Crippen LogP contribution in [0.25, 0.3) is 0 Å². The normalized spacial score (nSPS) is 19.8. The molecule has 2 rings (SSSR count). The Morgan fingerprint density at radius 1 is 1.53 bits per heavy atom. The van der Waals surface area contributed by atoms with Crippen molar-refractivity contribution in [2.75, 3.05) is 33.4 Å². The van der Waals surface area contributed by atoms with Crippen molar-refractivity contribution in [1.82, 2.24) is 9.88 Å². The average molecular weight is 288 g/mol. The van der Waals surface area contributed by atoms with E-state index in [1.54, 1.807) is 7.11 Å². The highest BCUT2D eigenvalue weighted by atomic mass is 35.5. The zero-order chi connectivity index (χ0) is 13.0. The topological polar surface area (TPSA) is 60.6 Å². The van der Waals surface area contributed by atoms with E-state index in [9.17, 15) is 0 Å². The molecular weight excluding hydrogens is 266 g/mol. The van der Waals surface area contributed by atoms with E-state index in [0.717, 1.165) is 43.4 Å². The second-order valence-electron chi connectivity index (χ2n) is 4.60. The first-order valence-corrected chi connectivity index (χ1v) is 6.27. The lowest BCUT2D eigenvalue weighted by molar-refractivity contribution is -0.0264. The molecule has 1 unspecified atom stereocenters. The lowest BCUT2D eigenvalue weighted by Crippen LogP contribution is -2.45. The summed E-state index contributed by atoms with van der Waals surface area (Å²) in [6.45, 7) is 5.90. The Balaban J connectivity index is 0.00000180. The van der Waals surface area contributed by atoms with Crippen molar-refractivity contribution in [1.29, 1.82) is 0 Å². The molecule has 1 aliphatic rings. The Morgan fingerprint density at radius 3 is 3.00 bits per heavy atom. The maximum atomic E-state index is 5.64. The summed E-state index contributed by atoms with van der Waals surface area (Å²) in [4.78, 5) is 6.85. The fourth-order valence-corrected chi connectivity index (χ4v) is 2.20. The van der Waals surface area contributed by atoms with Crippen molar-refractivity contribution in [2.24, 2.45) is 5.73 Å².